The van der Waals surface area contributed by atoms with Crippen LogP contribution in [0.5, 0.6) is 0 Å². The number of nitrogens with one attached hydrogen (secondary N) is 3. The van der Waals surface area contributed by atoms with Crippen LogP contribution in [-0.2, 0) is 5.41 Å². The number of aromatic nitrogens is 3. The van der Waals surface area contributed by atoms with E-state index in [0.29, 0.717) is 31.7 Å². The van der Waals surface area contributed by atoms with E-state index < -0.39 is 0 Å². The minimum absolute atomic E-state index is 0.182. The van der Waals surface area contributed by atoms with Crippen LogP contribution in [0.1, 0.15) is 50.6 Å². The molecule has 0 aliphatic rings. The van der Waals surface area contributed by atoms with Crippen LogP contribution in [0.3, 0.4) is 0 Å². The number of pyridine rings is 1. The number of carbonyl (C=O) groups excluding carboxylic acids is 1. The molecule has 0 saturated heterocycles. The Hall–Kier alpha value is -5.51. The Labute approximate surface area is 270 Å². The maximum atomic E-state index is 13.2. The maximum absolute atomic E-state index is 13.2. The number of nitrogens with zero attached hydrogens (tertiary/aromatic N) is 5. The van der Waals surface area contributed by atoms with Gasteiger partial charge in [0.25, 0.3) is 0 Å². The molecule has 5 rings (SSSR count). The third-order valence-electron chi connectivity index (χ3n) is 7.22. The summed E-state index contributed by atoms with van der Waals surface area (Å²) in [6, 6.07) is 30.1. The lowest BCUT2D eigenvalue weighted by molar-refractivity contribution is 0.262. The third kappa shape index (κ3) is 8.78. The molecule has 0 unspecified atom stereocenters. The number of amides is 2. The molecular formula is C37H40N8O. The van der Waals surface area contributed by atoms with Gasteiger partial charge in [-0.15, -0.1) is 0 Å². The van der Waals surface area contributed by atoms with Crippen LogP contribution in [0.2, 0.25) is 0 Å². The standard InChI is InChI=1S/C31H31N5O.C6H9N3/c1-20-10-13-22(14-11-20)24-16-17-27(26-9-7-6-8-25(24)26)33-30(37)34-29-18-28(31(3,4)5)35-36(29)23-15-12-21(2)32-19-23;7-3-1-5-9-6-2-4-8/h6-19H,1-5H3,(H2,33,34,37);9H,1-2,5-6H2. The summed E-state index contributed by atoms with van der Waals surface area (Å²) in [6.07, 6.45) is 2.80. The Morgan fingerprint density at radius 2 is 1.52 bits per heavy atom. The van der Waals surface area contributed by atoms with Crippen molar-refractivity contribution in [2.45, 2.75) is 52.9 Å². The van der Waals surface area contributed by atoms with Gasteiger partial charge < -0.3 is 10.6 Å². The molecule has 5 aromatic rings. The molecule has 9 nitrogen and oxygen atoms in total. The molecule has 0 radical (unpaired) electrons. The fraction of sp³-hybridized carbons (Fsp3) is 0.270. The van der Waals surface area contributed by atoms with Gasteiger partial charge in [-0.25, -0.2) is 9.48 Å². The number of hydrogen-bond donors (Lipinski definition) is 3. The predicted molar refractivity (Wildman–Crippen MR) is 185 cm³/mol. The minimum Gasteiger partial charge on any atom is -0.315 e. The van der Waals surface area contributed by atoms with Crippen molar-refractivity contribution in [3.8, 4) is 29.0 Å². The van der Waals surface area contributed by atoms with Crippen molar-refractivity contribution < 1.29 is 4.79 Å². The summed E-state index contributed by atoms with van der Waals surface area (Å²) in [5.41, 5.74) is 6.62. The summed E-state index contributed by atoms with van der Waals surface area (Å²) in [5, 5.41) is 32.0. The van der Waals surface area contributed by atoms with Gasteiger partial charge in [-0.1, -0.05) is 80.9 Å². The molecule has 2 amide bonds. The van der Waals surface area contributed by atoms with E-state index in [1.54, 1.807) is 10.9 Å². The lowest BCUT2D eigenvalue weighted by atomic mass is 9.92. The maximum Gasteiger partial charge on any atom is 0.324 e. The first-order valence-corrected chi connectivity index (χ1v) is 15.3. The Morgan fingerprint density at radius 3 is 2.13 bits per heavy atom. The van der Waals surface area contributed by atoms with Crippen molar-refractivity contribution in [1.82, 2.24) is 20.1 Å². The van der Waals surface area contributed by atoms with E-state index in [4.69, 9.17) is 15.6 Å². The molecule has 0 fully saturated rings. The van der Waals surface area contributed by atoms with Gasteiger partial charge in [0.05, 0.1) is 35.4 Å². The number of nitriles is 2. The van der Waals surface area contributed by atoms with E-state index >= 15 is 0 Å². The normalized spacial score (nSPS) is 10.8. The van der Waals surface area contributed by atoms with Gasteiger partial charge in [0, 0.05) is 48.5 Å². The monoisotopic (exact) mass is 612 g/mol. The van der Waals surface area contributed by atoms with Crippen molar-refractivity contribution >= 4 is 28.3 Å². The summed E-state index contributed by atoms with van der Waals surface area (Å²) in [6.45, 7) is 11.7. The zero-order chi connectivity index (χ0) is 33.1. The van der Waals surface area contributed by atoms with Crippen molar-refractivity contribution in [2.75, 3.05) is 23.7 Å². The van der Waals surface area contributed by atoms with Gasteiger partial charge in [0.15, 0.2) is 0 Å². The van der Waals surface area contributed by atoms with Crippen LogP contribution in [0.4, 0.5) is 16.3 Å². The van der Waals surface area contributed by atoms with E-state index in [0.717, 1.165) is 44.7 Å². The molecule has 0 aliphatic heterocycles. The number of urea groups is 1. The van der Waals surface area contributed by atoms with Crippen LogP contribution in [0, 0.1) is 36.5 Å². The van der Waals surface area contributed by atoms with Crippen molar-refractivity contribution in [3.05, 3.63) is 102 Å². The molecule has 3 N–H and O–H groups in total. The summed E-state index contributed by atoms with van der Waals surface area (Å²) in [5.74, 6) is 0.577. The molecule has 46 heavy (non-hydrogen) atoms. The summed E-state index contributed by atoms with van der Waals surface area (Å²) in [4.78, 5) is 17.6. The van der Waals surface area contributed by atoms with E-state index in [9.17, 15) is 4.79 Å². The number of hydrogen-bond acceptors (Lipinski definition) is 6. The lowest BCUT2D eigenvalue weighted by Gasteiger charge is -2.14. The van der Waals surface area contributed by atoms with Crippen LogP contribution >= 0.6 is 0 Å². The molecule has 0 saturated carbocycles. The number of rotatable bonds is 8. The molecule has 3 aromatic carbocycles. The van der Waals surface area contributed by atoms with Gasteiger partial charge in [-0.3, -0.25) is 10.3 Å². The quantitative estimate of drug-likeness (QED) is 0.152. The van der Waals surface area contributed by atoms with Gasteiger partial charge in [0.2, 0.25) is 0 Å². The first-order valence-electron chi connectivity index (χ1n) is 15.3. The van der Waals surface area contributed by atoms with E-state index in [1.807, 2.05) is 61.5 Å². The van der Waals surface area contributed by atoms with Crippen LogP contribution in [0.25, 0.3) is 27.6 Å². The van der Waals surface area contributed by atoms with E-state index in [2.05, 4.69) is 85.0 Å². The Morgan fingerprint density at radius 1 is 0.848 bits per heavy atom. The van der Waals surface area contributed by atoms with Crippen molar-refractivity contribution in [2.24, 2.45) is 0 Å². The highest BCUT2D eigenvalue weighted by molar-refractivity contribution is 6.09. The molecule has 0 atom stereocenters. The molecule has 0 spiro atoms. The van der Waals surface area contributed by atoms with E-state index in [-0.39, 0.29) is 11.4 Å². The fourth-order valence-corrected chi connectivity index (χ4v) is 4.70. The van der Waals surface area contributed by atoms with Crippen molar-refractivity contribution in [1.29, 1.82) is 10.5 Å². The molecule has 0 aliphatic carbocycles. The molecule has 2 heterocycles. The highest BCUT2D eigenvalue weighted by Gasteiger charge is 2.22. The third-order valence-corrected chi connectivity index (χ3v) is 7.22. The number of fused-ring (bicyclic) bond motifs is 1. The second kappa shape index (κ2) is 15.5. The number of benzene rings is 3. The Bertz CT molecular complexity index is 1840. The molecule has 9 heteroatoms. The van der Waals surface area contributed by atoms with E-state index in [1.165, 1.54) is 5.56 Å². The van der Waals surface area contributed by atoms with Gasteiger partial charge in [-0.05, 0) is 48.6 Å². The highest BCUT2D eigenvalue weighted by atomic mass is 16.2. The number of aryl methyl sites for hydroxylation is 2. The topological polar surface area (TPSA) is 131 Å². The number of carbonyl (C=O) groups is 1. The second-order valence-electron chi connectivity index (χ2n) is 12.0. The van der Waals surface area contributed by atoms with Gasteiger partial charge in [0.1, 0.15) is 5.82 Å². The average molecular weight is 613 g/mol. The SMILES string of the molecule is Cc1ccc(-c2ccc(NC(=O)Nc3cc(C(C)(C)C)nn3-c3ccc(C)nc3)c3ccccc23)cc1.N#CCCNCCC#N. The zero-order valence-electron chi connectivity index (χ0n) is 27.1. The van der Waals surface area contributed by atoms with Crippen LogP contribution < -0.4 is 16.0 Å². The minimum atomic E-state index is -0.338. The fourth-order valence-electron chi connectivity index (χ4n) is 4.70. The van der Waals surface area contributed by atoms with Crippen molar-refractivity contribution in [3.63, 3.8) is 0 Å². The summed E-state index contributed by atoms with van der Waals surface area (Å²) >= 11 is 0. The predicted octanol–water partition coefficient (Wildman–Crippen LogP) is 8.05. The average Bonchev–Trinajstić information content (AvgIpc) is 3.47. The molecule has 234 valence electrons. The molecule has 2 aromatic heterocycles. The highest BCUT2D eigenvalue weighted by Crippen LogP contribution is 2.34. The van der Waals surface area contributed by atoms with Gasteiger partial charge in [-0.2, -0.15) is 15.6 Å². The van der Waals surface area contributed by atoms with Crippen LogP contribution in [-0.4, -0.2) is 33.9 Å². The largest absolute Gasteiger partial charge is 0.324 e. The second-order valence-corrected chi connectivity index (χ2v) is 12.0. The van der Waals surface area contributed by atoms with Gasteiger partial charge >= 0.3 is 6.03 Å². The number of anilines is 2. The Balaban J connectivity index is 0.000000468. The zero-order valence-corrected chi connectivity index (χ0v) is 27.1. The summed E-state index contributed by atoms with van der Waals surface area (Å²) in [7, 11) is 0. The molecular weight excluding hydrogens is 572 g/mol. The first kappa shape index (κ1) is 33.4. The first-order chi connectivity index (χ1) is 22.1. The lowest BCUT2D eigenvalue weighted by Crippen LogP contribution is -2.21. The van der Waals surface area contributed by atoms with Crippen LogP contribution in [0.15, 0.2) is 85.1 Å². The summed E-state index contributed by atoms with van der Waals surface area (Å²) < 4.78 is 1.73. The molecule has 0 bridgehead atoms. The smallest absolute Gasteiger partial charge is 0.315 e. The Kier molecular flexibility index (Phi) is 11.2.